The molecule has 7 nitrogen and oxygen atoms in total. The molecule has 1 fully saturated rings. The van der Waals surface area contributed by atoms with Gasteiger partial charge in [-0.15, -0.1) is 0 Å². The molecule has 1 aromatic carbocycles. The van der Waals surface area contributed by atoms with Crippen molar-refractivity contribution in [1.82, 2.24) is 9.21 Å². The molecule has 1 aromatic rings. The quantitative estimate of drug-likeness (QED) is 0.688. The Kier molecular flexibility index (Phi) is 7.25. The molecular formula is C18H25ClN2O5S. The van der Waals surface area contributed by atoms with E-state index in [1.807, 2.05) is 0 Å². The molecule has 0 aliphatic carbocycles. The van der Waals surface area contributed by atoms with E-state index in [0.29, 0.717) is 13.1 Å². The summed E-state index contributed by atoms with van der Waals surface area (Å²) >= 11 is 6.12. The molecule has 1 heterocycles. The number of esters is 1. The normalized spacial score (nSPS) is 17.0. The summed E-state index contributed by atoms with van der Waals surface area (Å²) < 4.78 is 32.5. The van der Waals surface area contributed by atoms with Crippen LogP contribution < -0.4 is 0 Å². The maximum absolute atomic E-state index is 13.0. The maximum atomic E-state index is 13.0. The lowest BCUT2D eigenvalue weighted by atomic mass is 10.2. The summed E-state index contributed by atoms with van der Waals surface area (Å²) in [5.41, 5.74) is 0.0335. The van der Waals surface area contributed by atoms with Crippen LogP contribution in [0.1, 0.15) is 43.0 Å². The number of ether oxygens (including phenoxy) is 1. The highest BCUT2D eigenvalue weighted by Crippen LogP contribution is 2.28. The van der Waals surface area contributed by atoms with Gasteiger partial charge in [-0.05, 0) is 38.0 Å². The number of carbonyl (C=O) groups excluding carboxylic acids is 2. The van der Waals surface area contributed by atoms with E-state index in [9.17, 15) is 18.0 Å². The van der Waals surface area contributed by atoms with E-state index in [1.54, 1.807) is 14.1 Å². The molecule has 2 rings (SSSR count). The third-order valence-electron chi connectivity index (χ3n) is 4.42. The molecule has 9 heteroatoms. The summed E-state index contributed by atoms with van der Waals surface area (Å²) in [6, 6.07) is 3.97. The molecule has 150 valence electrons. The van der Waals surface area contributed by atoms with Gasteiger partial charge in [0.05, 0.1) is 10.6 Å². The fraction of sp³-hybridized carbons (Fsp3) is 0.556. The lowest BCUT2D eigenvalue weighted by Crippen LogP contribution is -2.35. The smallest absolute Gasteiger partial charge is 0.338 e. The number of rotatable bonds is 5. The van der Waals surface area contributed by atoms with Crippen molar-refractivity contribution in [2.45, 2.75) is 43.6 Å². The van der Waals surface area contributed by atoms with Gasteiger partial charge in [0.15, 0.2) is 6.10 Å². The molecule has 0 aromatic heterocycles. The highest BCUT2D eigenvalue weighted by atomic mass is 35.5. The van der Waals surface area contributed by atoms with Gasteiger partial charge < -0.3 is 9.64 Å². The second-order valence-electron chi connectivity index (χ2n) is 6.74. The first-order chi connectivity index (χ1) is 12.6. The molecule has 27 heavy (non-hydrogen) atoms. The third kappa shape index (κ3) is 5.21. The van der Waals surface area contributed by atoms with E-state index in [-0.39, 0.29) is 21.4 Å². The van der Waals surface area contributed by atoms with Crippen LogP contribution in [0.3, 0.4) is 0 Å². The lowest BCUT2D eigenvalue weighted by molar-refractivity contribution is -0.137. The third-order valence-corrected chi connectivity index (χ3v) is 6.80. The summed E-state index contributed by atoms with van der Waals surface area (Å²) in [5, 5.41) is 0.0493. The highest BCUT2D eigenvalue weighted by molar-refractivity contribution is 7.89. The number of benzene rings is 1. The number of likely N-dealkylation sites (N-methyl/N-ethyl adjacent to an activating group) is 1. The molecule has 1 amide bonds. The van der Waals surface area contributed by atoms with Crippen molar-refractivity contribution in [2.75, 3.05) is 27.2 Å². The second-order valence-corrected chi connectivity index (χ2v) is 9.06. The predicted octanol–water partition coefficient (Wildman–Crippen LogP) is 2.54. The molecule has 1 aliphatic rings. The van der Waals surface area contributed by atoms with Crippen LogP contribution in [-0.2, 0) is 19.6 Å². The van der Waals surface area contributed by atoms with Crippen LogP contribution in [0.4, 0.5) is 0 Å². The summed E-state index contributed by atoms with van der Waals surface area (Å²) in [4.78, 5) is 25.4. The van der Waals surface area contributed by atoms with Crippen LogP contribution in [0.2, 0.25) is 5.02 Å². The number of amides is 1. The first-order valence-electron chi connectivity index (χ1n) is 8.86. The Labute approximate surface area is 165 Å². The van der Waals surface area contributed by atoms with Crippen molar-refractivity contribution in [1.29, 1.82) is 0 Å². The van der Waals surface area contributed by atoms with Crippen LogP contribution in [0.15, 0.2) is 23.1 Å². The van der Waals surface area contributed by atoms with Gasteiger partial charge in [0.2, 0.25) is 10.0 Å². The zero-order valence-corrected chi connectivity index (χ0v) is 17.3. The summed E-state index contributed by atoms with van der Waals surface area (Å²) in [6.07, 6.45) is 2.59. The van der Waals surface area contributed by atoms with E-state index in [1.165, 1.54) is 34.3 Å². The van der Waals surface area contributed by atoms with Crippen LogP contribution in [0, 0.1) is 0 Å². The predicted molar refractivity (Wildman–Crippen MR) is 102 cm³/mol. The Morgan fingerprint density at radius 2 is 1.74 bits per heavy atom. The zero-order chi connectivity index (χ0) is 20.2. The molecule has 1 atom stereocenters. The van der Waals surface area contributed by atoms with Crippen LogP contribution in [-0.4, -0.2) is 62.8 Å². The topological polar surface area (TPSA) is 84.0 Å². The van der Waals surface area contributed by atoms with Gasteiger partial charge in [-0.2, -0.15) is 4.31 Å². The fourth-order valence-corrected chi connectivity index (χ4v) is 4.91. The standard InChI is InChI=1S/C18H25ClN2O5S/c1-13(17(22)20(2)3)26-18(23)14-8-9-15(19)16(12-14)27(24,25)21-10-6-4-5-7-11-21/h8-9,12-13H,4-7,10-11H2,1-3H3/t13-/m1/s1. The minimum atomic E-state index is -3.81. The van der Waals surface area contributed by atoms with Crippen molar-refractivity contribution < 1.29 is 22.7 Å². The second kappa shape index (κ2) is 9.03. The average molecular weight is 417 g/mol. The Morgan fingerprint density at radius 3 is 2.30 bits per heavy atom. The van der Waals surface area contributed by atoms with E-state index >= 15 is 0 Å². The number of hydrogen-bond acceptors (Lipinski definition) is 5. The van der Waals surface area contributed by atoms with Gasteiger partial charge in [-0.1, -0.05) is 24.4 Å². The molecular weight excluding hydrogens is 392 g/mol. The Balaban J connectivity index is 2.27. The summed E-state index contributed by atoms with van der Waals surface area (Å²) in [6.45, 7) is 2.33. The number of hydrogen-bond donors (Lipinski definition) is 0. The number of sulfonamides is 1. The van der Waals surface area contributed by atoms with Gasteiger partial charge in [-0.3, -0.25) is 4.79 Å². The highest BCUT2D eigenvalue weighted by Gasteiger charge is 2.29. The van der Waals surface area contributed by atoms with Gasteiger partial charge >= 0.3 is 5.97 Å². The zero-order valence-electron chi connectivity index (χ0n) is 15.8. The maximum Gasteiger partial charge on any atom is 0.338 e. The number of nitrogens with zero attached hydrogens (tertiary/aromatic N) is 2. The monoisotopic (exact) mass is 416 g/mol. The minimum Gasteiger partial charge on any atom is -0.449 e. The van der Waals surface area contributed by atoms with Crippen LogP contribution in [0.25, 0.3) is 0 Å². The van der Waals surface area contributed by atoms with Gasteiger partial charge in [0.25, 0.3) is 5.91 Å². The van der Waals surface area contributed by atoms with Gasteiger partial charge in [0.1, 0.15) is 4.90 Å². The van der Waals surface area contributed by atoms with Crippen LogP contribution in [0.5, 0.6) is 0 Å². The molecule has 0 bridgehead atoms. The molecule has 0 unspecified atom stereocenters. The fourth-order valence-electron chi connectivity index (χ4n) is 2.89. The van der Waals surface area contributed by atoms with Crippen molar-refractivity contribution in [3.8, 4) is 0 Å². The van der Waals surface area contributed by atoms with E-state index in [4.69, 9.17) is 16.3 Å². The average Bonchev–Trinajstić information content (AvgIpc) is 2.90. The molecule has 1 aliphatic heterocycles. The summed E-state index contributed by atoms with van der Waals surface area (Å²) in [5.74, 6) is -1.14. The molecule has 0 N–H and O–H groups in total. The minimum absolute atomic E-state index is 0.0335. The molecule has 1 saturated heterocycles. The van der Waals surface area contributed by atoms with Crippen molar-refractivity contribution in [3.05, 3.63) is 28.8 Å². The van der Waals surface area contributed by atoms with Crippen molar-refractivity contribution in [3.63, 3.8) is 0 Å². The Bertz CT molecular complexity index is 802. The molecule has 0 saturated carbocycles. The lowest BCUT2D eigenvalue weighted by Gasteiger charge is -2.21. The van der Waals surface area contributed by atoms with Gasteiger partial charge in [-0.25, -0.2) is 13.2 Å². The molecule has 0 radical (unpaired) electrons. The van der Waals surface area contributed by atoms with Crippen molar-refractivity contribution >= 4 is 33.5 Å². The van der Waals surface area contributed by atoms with Crippen LogP contribution >= 0.6 is 11.6 Å². The van der Waals surface area contributed by atoms with Crippen molar-refractivity contribution in [2.24, 2.45) is 0 Å². The van der Waals surface area contributed by atoms with E-state index in [2.05, 4.69) is 0 Å². The largest absolute Gasteiger partial charge is 0.449 e. The van der Waals surface area contributed by atoms with Gasteiger partial charge in [0, 0.05) is 27.2 Å². The first kappa shape index (κ1) is 21.7. The van der Waals surface area contributed by atoms with E-state index < -0.39 is 22.1 Å². The number of halogens is 1. The first-order valence-corrected chi connectivity index (χ1v) is 10.7. The Hall–Kier alpha value is -1.64. The SMILES string of the molecule is C[C@@H](OC(=O)c1ccc(Cl)c(S(=O)(=O)N2CCCCCC2)c1)C(=O)N(C)C. The van der Waals surface area contributed by atoms with E-state index in [0.717, 1.165) is 25.7 Å². The Morgan fingerprint density at radius 1 is 1.15 bits per heavy atom. The number of carbonyl (C=O) groups is 2. The summed E-state index contributed by atoms with van der Waals surface area (Å²) in [7, 11) is -0.699. The molecule has 0 spiro atoms.